The molecule has 11 heteroatoms. The van der Waals surface area contributed by atoms with Crippen LogP contribution in [-0.2, 0) is 19.6 Å². The molecular weight excluding hydrogens is 571 g/mol. The standard InChI is InChI=1S/C29H42N4O4S.2ClH/c1-23-10-11-28(27-9-4-3-8-26(23)27)38(35,36)33-14-6-5-7-25(33)21-37-22-29(34)32-19-17-31(18-20-32)24-12-15-30(2)16-13-24;;/h3-4,8-11,24-25H,5-7,12-22H2,1-2H3;2*1H. The molecular formula is C29H44Cl2N4O4S. The number of piperidine rings is 2. The number of likely N-dealkylation sites (tertiary alicyclic amines) is 1. The number of ether oxygens (including phenoxy) is 1. The maximum atomic E-state index is 13.8. The average Bonchev–Trinajstić information content (AvgIpc) is 2.94. The van der Waals surface area contributed by atoms with Crippen LogP contribution in [0.4, 0.5) is 0 Å². The zero-order valence-electron chi connectivity index (χ0n) is 23.7. The van der Waals surface area contributed by atoms with Crippen LogP contribution in [0.25, 0.3) is 10.8 Å². The minimum absolute atomic E-state index is 0. The Hall–Kier alpha value is -1.46. The van der Waals surface area contributed by atoms with E-state index in [4.69, 9.17) is 4.74 Å². The second-order valence-electron chi connectivity index (χ2n) is 11.2. The highest BCUT2D eigenvalue weighted by Gasteiger charge is 2.35. The number of carbonyl (C=O) groups is 1. The lowest BCUT2D eigenvalue weighted by molar-refractivity contribution is -0.138. The zero-order chi connectivity index (χ0) is 26.7. The summed E-state index contributed by atoms with van der Waals surface area (Å²) in [6, 6.07) is 11.7. The van der Waals surface area contributed by atoms with Crippen molar-refractivity contribution in [3.05, 3.63) is 42.0 Å². The van der Waals surface area contributed by atoms with Crippen molar-refractivity contribution < 1.29 is 17.9 Å². The van der Waals surface area contributed by atoms with E-state index in [1.807, 2.05) is 42.2 Å². The summed E-state index contributed by atoms with van der Waals surface area (Å²) < 4.78 is 35.2. The third-order valence-corrected chi connectivity index (χ3v) is 10.7. The number of aryl methyl sites for hydroxylation is 1. The smallest absolute Gasteiger partial charge is 0.248 e. The first-order valence-electron chi connectivity index (χ1n) is 14.1. The van der Waals surface area contributed by atoms with Gasteiger partial charge in [0.15, 0.2) is 0 Å². The van der Waals surface area contributed by atoms with E-state index >= 15 is 0 Å². The van der Waals surface area contributed by atoms with Crippen LogP contribution in [0.2, 0.25) is 0 Å². The van der Waals surface area contributed by atoms with Crippen LogP contribution in [0.5, 0.6) is 0 Å². The maximum Gasteiger partial charge on any atom is 0.248 e. The van der Waals surface area contributed by atoms with Crippen molar-refractivity contribution in [2.24, 2.45) is 0 Å². The van der Waals surface area contributed by atoms with Gasteiger partial charge in [-0.3, -0.25) is 9.69 Å². The van der Waals surface area contributed by atoms with Crippen LogP contribution < -0.4 is 0 Å². The molecule has 1 atom stereocenters. The molecule has 3 fully saturated rings. The van der Waals surface area contributed by atoms with Gasteiger partial charge in [-0.25, -0.2) is 8.42 Å². The molecule has 0 bridgehead atoms. The lowest BCUT2D eigenvalue weighted by atomic mass is 10.0. The van der Waals surface area contributed by atoms with E-state index in [0.29, 0.717) is 17.5 Å². The SMILES string of the molecule is Cc1ccc(S(=O)(=O)N2CCCCC2COCC(=O)N2CCN(C3CCN(C)CC3)CC2)c2ccccc12.Cl.Cl. The minimum Gasteiger partial charge on any atom is -0.370 e. The fourth-order valence-electron chi connectivity index (χ4n) is 6.30. The Kier molecular flexibility index (Phi) is 12.1. The quantitative estimate of drug-likeness (QED) is 0.472. The van der Waals surface area contributed by atoms with E-state index in [0.717, 1.165) is 74.9 Å². The molecule has 2 aromatic rings. The normalized spacial score (nSPS) is 22.1. The van der Waals surface area contributed by atoms with Gasteiger partial charge in [-0.1, -0.05) is 36.8 Å². The van der Waals surface area contributed by atoms with Crippen LogP contribution in [-0.4, -0.2) is 111 Å². The van der Waals surface area contributed by atoms with Gasteiger partial charge < -0.3 is 14.5 Å². The Bertz CT molecular complexity index is 1230. The number of fused-ring (bicyclic) bond motifs is 1. The van der Waals surface area contributed by atoms with Crippen molar-refractivity contribution in [1.29, 1.82) is 0 Å². The van der Waals surface area contributed by atoms with Gasteiger partial charge in [-0.2, -0.15) is 4.31 Å². The first kappa shape index (κ1) is 33.0. The van der Waals surface area contributed by atoms with Crippen molar-refractivity contribution in [3.63, 3.8) is 0 Å². The molecule has 1 unspecified atom stereocenters. The van der Waals surface area contributed by atoms with Crippen LogP contribution in [0.3, 0.4) is 0 Å². The van der Waals surface area contributed by atoms with E-state index in [-0.39, 0.29) is 50.0 Å². The first-order valence-corrected chi connectivity index (χ1v) is 15.6. The molecule has 0 N–H and O–H groups in total. The Morgan fingerprint density at radius 1 is 0.875 bits per heavy atom. The highest BCUT2D eigenvalue weighted by molar-refractivity contribution is 7.89. The molecule has 5 rings (SSSR count). The Morgan fingerprint density at radius 2 is 1.55 bits per heavy atom. The second kappa shape index (κ2) is 14.6. The van der Waals surface area contributed by atoms with Crippen LogP contribution in [0, 0.1) is 6.92 Å². The Labute approximate surface area is 251 Å². The fourth-order valence-corrected chi connectivity index (χ4v) is 8.18. The van der Waals surface area contributed by atoms with Gasteiger partial charge in [0.25, 0.3) is 0 Å². The molecule has 3 aliphatic heterocycles. The largest absolute Gasteiger partial charge is 0.370 e. The van der Waals surface area contributed by atoms with E-state index in [2.05, 4.69) is 16.8 Å². The molecule has 3 saturated heterocycles. The summed E-state index contributed by atoms with van der Waals surface area (Å²) in [7, 11) is -1.52. The van der Waals surface area contributed by atoms with Gasteiger partial charge in [0, 0.05) is 50.2 Å². The second-order valence-corrected chi connectivity index (χ2v) is 13.0. The first-order chi connectivity index (χ1) is 18.3. The van der Waals surface area contributed by atoms with Crippen molar-refractivity contribution in [2.45, 2.75) is 56.0 Å². The number of sulfonamides is 1. The molecule has 0 aliphatic carbocycles. The van der Waals surface area contributed by atoms with Crippen molar-refractivity contribution in [3.8, 4) is 0 Å². The van der Waals surface area contributed by atoms with Gasteiger partial charge in [0.05, 0.1) is 11.5 Å². The lowest BCUT2D eigenvalue weighted by Crippen LogP contribution is -2.54. The van der Waals surface area contributed by atoms with Gasteiger partial charge in [-0.05, 0) is 69.8 Å². The highest BCUT2D eigenvalue weighted by Crippen LogP contribution is 2.31. The molecule has 0 aromatic heterocycles. The molecule has 8 nitrogen and oxygen atoms in total. The number of hydrogen-bond donors (Lipinski definition) is 0. The Morgan fingerprint density at radius 3 is 2.25 bits per heavy atom. The minimum atomic E-state index is -3.70. The lowest BCUT2D eigenvalue weighted by Gasteiger charge is -2.42. The Balaban J connectivity index is 0.00000220. The molecule has 0 radical (unpaired) electrons. The van der Waals surface area contributed by atoms with Crippen molar-refractivity contribution in [1.82, 2.24) is 19.0 Å². The molecule has 3 heterocycles. The van der Waals surface area contributed by atoms with Gasteiger partial charge >= 0.3 is 0 Å². The van der Waals surface area contributed by atoms with E-state index < -0.39 is 10.0 Å². The topological polar surface area (TPSA) is 73.4 Å². The van der Waals surface area contributed by atoms with E-state index in [1.165, 1.54) is 12.8 Å². The number of amides is 1. The highest BCUT2D eigenvalue weighted by atomic mass is 35.5. The van der Waals surface area contributed by atoms with E-state index in [9.17, 15) is 13.2 Å². The molecule has 3 aliphatic rings. The van der Waals surface area contributed by atoms with Gasteiger partial charge in [0.1, 0.15) is 6.61 Å². The van der Waals surface area contributed by atoms with Gasteiger partial charge in [-0.15, -0.1) is 24.8 Å². The summed E-state index contributed by atoms with van der Waals surface area (Å²) in [5.41, 5.74) is 1.06. The summed E-state index contributed by atoms with van der Waals surface area (Å²) in [4.78, 5) is 20.1. The van der Waals surface area contributed by atoms with Crippen molar-refractivity contribution in [2.75, 3.05) is 66.1 Å². The number of hydrogen-bond acceptors (Lipinski definition) is 6. The summed E-state index contributed by atoms with van der Waals surface area (Å²) in [6.07, 6.45) is 4.94. The third-order valence-electron chi connectivity index (χ3n) is 8.67. The summed E-state index contributed by atoms with van der Waals surface area (Å²) >= 11 is 0. The number of rotatable bonds is 7. The third kappa shape index (κ3) is 7.30. The molecule has 40 heavy (non-hydrogen) atoms. The summed E-state index contributed by atoms with van der Waals surface area (Å²) in [6.45, 7) is 8.32. The van der Waals surface area contributed by atoms with Crippen molar-refractivity contribution >= 4 is 51.5 Å². The number of halogens is 2. The predicted octanol–water partition coefficient (Wildman–Crippen LogP) is 3.79. The number of nitrogens with zero attached hydrogens (tertiary/aromatic N) is 4. The molecule has 0 saturated carbocycles. The zero-order valence-corrected chi connectivity index (χ0v) is 26.1. The number of benzene rings is 2. The fraction of sp³-hybridized carbons (Fsp3) is 0.621. The average molecular weight is 616 g/mol. The summed E-state index contributed by atoms with van der Waals surface area (Å²) in [5, 5.41) is 1.72. The van der Waals surface area contributed by atoms with Crippen LogP contribution in [0.1, 0.15) is 37.7 Å². The molecule has 1 amide bonds. The molecule has 2 aromatic carbocycles. The van der Waals surface area contributed by atoms with Crippen LogP contribution in [0.15, 0.2) is 41.3 Å². The van der Waals surface area contributed by atoms with E-state index in [1.54, 1.807) is 10.4 Å². The number of piperazine rings is 1. The number of carbonyl (C=O) groups excluding carboxylic acids is 1. The monoisotopic (exact) mass is 614 g/mol. The summed E-state index contributed by atoms with van der Waals surface area (Å²) in [5.74, 6) is 0.00257. The maximum absolute atomic E-state index is 13.8. The van der Waals surface area contributed by atoms with Gasteiger partial charge in [0.2, 0.25) is 15.9 Å². The van der Waals surface area contributed by atoms with Crippen LogP contribution >= 0.6 is 24.8 Å². The molecule has 0 spiro atoms. The predicted molar refractivity (Wildman–Crippen MR) is 164 cm³/mol. The molecule has 224 valence electrons.